The van der Waals surface area contributed by atoms with Gasteiger partial charge in [-0.25, -0.2) is 0 Å². The molecule has 0 aromatic heterocycles. The Morgan fingerprint density at radius 1 is 1.00 bits per heavy atom. The summed E-state index contributed by atoms with van der Waals surface area (Å²) in [6.07, 6.45) is 6.00. The second-order valence-electron chi connectivity index (χ2n) is 4.29. The monoisotopic (exact) mass is 198 g/mol. The van der Waals surface area contributed by atoms with E-state index in [1.165, 1.54) is 37.1 Å². The number of quaternary nitrogens is 1. The molecule has 0 spiro atoms. The number of nitrogens with zero attached hydrogens (tertiary/aromatic N) is 1. The van der Waals surface area contributed by atoms with Gasteiger partial charge in [-0.1, -0.05) is 26.3 Å². The van der Waals surface area contributed by atoms with Gasteiger partial charge in [0.25, 0.3) is 0 Å². The average molecular weight is 198 g/mol. The molecule has 84 valence electrons. The summed E-state index contributed by atoms with van der Waals surface area (Å²) in [6, 6.07) is 0. The van der Waals surface area contributed by atoms with Crippen LogP contribution in [0.5, 0.6) is 0 Å². The van der Waals surface area contributed by atoms with Crippen LogP contribution >= 0.6 is 0 Å². The van der Waals surface area contributed by atoms with Crippen molar-refractivity contribution in [1.29, 1.82) is 0 Å². The molecule has 0 saturated carbocycles. The highest BCUT2D eigenvalue weighted by Crippen LogP contribution is 2.08. The Bertz CT molecular complexity index is 148. The number of rotatable bonds is 7. The lowest BCUT2D eigenvalue weighted by atomic mass is 10.1. The number of allylic oxidation sites excluding steroid dienone is 1. The fraction of sp³-hybridized carbons (Fsp3) is 0.846. The molecule has 0 heterocycles. The maximum absolute atomic E-state index is 2.38. The van der Waals surface area contributed by atoms with Gasteiger partial charge in [-0.2, -0.15) is 0 Å². The van der Waals surface area contributed by atoms with Gasteiger partial charge in [0.15, 0.2) is 0 Å². The lowest BCUT2D eigenvalue weighted by Crippen LogP contribution is -2.47. The summed E-state index contributed by atoms with van der Waals surface area (Å²) >= 11 is 0. The summed E-state index contributed by atoms with van der Waals surface area (Å²) in [5.74, 6) is 0.738. The summed E-state index contributed by atoms with van der Waals surface area (Å²) in [5, 5.41) is 0. The Morgan fingerprint density at radius 3 is 1.86 bits per heavy atom. The summed E-state index contributed by atoms with van der Waals surface area (Å²) in [4.78, 5) is 0. The van der Waals surface area contributed by atoms with Crippen LogP contribution in [0.4, 0.5) is 0 Å². The molecule has 1 atom stereocenters. The van der Waals surface area contributed by atoms with Crippen molar-refractivity contribution in [2.24, 2.45) is 5.92 Å². The standard InChI is InChI=1S/C13H28N/c1-6-13(5)11-10-12-14(7-2,8-3)9-4/h10-11,13H,6-9,12H2,1-5H3/q+1. The van der Waals surface area contributed by atoms with E-state index in [1.807, 2.05) is 0 Å². The minimum atomic E-state index is 0.738. The van der Waals surface area contributed by atoms with Gasteiger partial charge in [0.1, 0.15) is 0 Å². The third kappa shape index (κ3) is 4.28. The summed E-state index contributed by atoms with van der Waals surface area (Å²) in [7, 11) is 0. The molecule has 1 unspecified atom stereocenters. The zero-order valence-corrected chi connectivity index (χ0v) is 10.7. The van der Waals surface area contributed by atoms with Gasteiger partial charge in [0.05, 0.1) is 26.2 Å². The molecule has 14 heavy (non-hydrogen) atoms. The van der Waals surface area contributed by atoms with Crippen LogP contribution in [0, 0.1) is 5.92 Å². The molecule has 1 nitrogen and oxygen atoms in total. The van der Waals surface area contributed by atoms with Crippen LogP contribution < -0.4 is 0 Å². The molecule has 0 N–H and O–H groups in total. The maximum atomic E-state index is 2.38. The lowest BCUT2D eigenvalue weighted by molar-refractivity contribution is -0.917. The highest BCUT2D eigenvalue weighted by atomic mass is 15.3. The Hall–Kier alpha value is -0.300. The predicted octanol–water partition coefficient (Wildman–Crippen LogP) is 3.47. The molecule has 0 radical (unpaired) electrons. The number of hydrogen-bond acceptors (Lipinski definition) is 0. The van der Waals surface area contributed by atoms with Crippen LogP contribution in [0.2, 0.25) is 0 Å². The van der Waals surface area contributed by atoms with Crippen LogP contribution in [0.25, 0.3) is 0 Å². The van der Waals surface area contributed by atoms with Crippen molar-refractivity contribution in [3.8, 4) is 0 Å². The molecular formula is C13H28N+. The summed E-state index contributed by atoms with van der Waals surface area (Å²) in [5.41, 5.74) is 0. The van der Waals surface area contributed by atoms with Gasteiger partial charge in [0, 0.05) is 0 Å². The Balaban J connectivity index is 4.11. The van der Waals surface area contributed by atoms with E-state index in [-0.39, 0.29) is 0 Å². The highest BCUT2D eigenvalue weighted by Gasteiger charge is 2.17. The van der Waals surface area contributed by atoms with Crippen molar-refractivity contribution in [2.75, 3.05) is 26.2 Å². The largest absolute Gasteiger partial charge is 0.321 e. The van der Waals surface area contributed by atoms with E-state index in [9.17, 15) is 0 Å². The average Bonchev–Trinajstić information content (AvgIpc) is 2.25. The van der Waals surface area contributed by atoms with Gasteiger partial charge in [-0.3, -0.25) is 0 Å². The van der Waals surface area contributed by atoms with Crippen LogP contribution in [-0.4, -0.2) is 30.7 Å². The Morgan fingerprint density at radius 2 is 1.50 bits per heavy atom. The van der Waals surface area contributed by atoms with Crippen molar-refractivity contribution >= 4 is 0 Å². The molecule has 0 amide bonds. The van der Waals surface area contributed by atoms with Gasteiger partial charge < -0.3 is 4.48 Å². The number of likely N-dealkylation sites (N-methyl/N-ethyl adjacent to an activating group) is 1. The van der Waals surface area contributed by atoms with Crippen molar-refractivity contribution in [3.05, 3.63) is 12.2 Å². The minimum Gasteiger partial charge on any atom is -0.321 e. The first-order chi connectivity index (χ1) is 6.64. The maximum Gasteiger partial charge on any atom is 0.0973 e. The lowest BCUT2D eigenvalue weighted by Gasteiger charge is -2.34. The van der Waals surface area contributed by atoms with Crippen molar-refractivity contribution in [3.63, 3.8) is 0 Å². The first kappa shape index (κ1) is 13.7. The molecule has 0 aliphatic carbocycles. The molecule has 1 heteroatoms. The number of hydrogen-bond donors (Lipinski definition) is 0. The van der Waals surface area contributed by atoms with Gasteiger partial charge in [0.2, 0.25) is 0 Å². The fourth-order valence-electron chi connectivity index (χ4n) is 1.71. The van der Waals surface area contributed by atoms with E-state index in [2.05, 4.69) is 46.8 Å². The molecule has 0 bridgehead atoms. The summed E-state index contributed by atoms with van der Waals surface area (Å²) in [6.45, 7) is 16.4. The van der Waals surface area contributed by atoms with E-state index in [0.29, 0.717) is 0 Å². The Labute approximate surface area is 90.4 Å². The van der Waals surface area contributed by atoms with Gasteiger partial charge >= 0.3 is 0 Å². The van der Waals surface area contributed by atoms with E-state index in [1.54, 1.807) is 0 Å². The van der Waals surface area contributed by atoms with Gasteiger partial charge in [-0.15, -0.1) is 0 Å². The Kier molecular flexibility index (Phi) is 6.90. The smallest absolute Gasteiger partial charge is 0.0973 e. The fourth-order valence-corrected chi connectivity index (χ4v) is 1.71. The topological polar surface area (TPSA) is 0 Å². The van der Waals surface area contributed by atoms with Gasteiger partial charge in [-0.05, 0) is 32.8 Å². The SMILES string of the molecule is CCC(C)C=CC[N+](CC)(CC)CC. The van der Waals surface area contributed by atoms with Crippen molar-refractivity contribution < 1.29 is 4.48 Å². The van der Waals surface area contributed by atoms with Crippen molar-refractivity contribution in [2.45, 2.75) is 41.0 Å². The molecule has 0 fully saturated rings. The van der Waals surface area contributed by atoms with Crippen LogP contribution in [0.3, 0.4) is 0 Å². The van der Waals surface area contributed by atoms with Crippen LogP contribution in [0.1, 0.15) is 41.0 Å². The second-order valence-corrected chi connectivity index (χ2v) is 4.29. The zero-order chi connectivity index (χ0) is 11.0. The highest BCUT2D eigenvalue weighted by molar-refractivity contribution is 4.85. The molecule has 0 saturated heterocycles. The van der Waals surface area contributed by atoms with Crippen molar-refractivity contribution in [1.82, 2.24) is 0 Å². The normalized spacial score (nSPS) is 14.9. The van der Waals surface area contributed by atoms with E-state index < -0.39 is 0 Å². The van der Waals surface area contributed by atoms with E-state index in [4.69, 9.17) is 0 Å². The second kappa shape index (κ2) is 7.05. The molecule has 0 aliphatic rings. The molecule has 0 aromatic rings. The quantitative estimate of drug-likeness (QED) is 0.434. The molecular weight excluding hydrogens is 170 g/mol. The minimum absolute atomic E-state index is 0.738. The van der Waals surface area contributed by atoms with E-state index >= 15 is 0 Å². The third-order valence-electron chi connectivity index (χ3n) is 3.61. The van der Waals surface area contributed by atoms with Crippen LogP contribution in [-0.2, 0) is 0 Å². The molecule has 0 rings (SSSR count). The third-order valence-corrected chi connectivity index (χ3v) is 3.61. The first-order valence-electron chi connectivity index (χ1n) is 6.15. The zero-order valence-electron chi connectivity index (χ0n) is 10.7. The van der Waals surface area contributed by atoms with Crippen LogP contribution in [0.15, 0.2) is 12.2 Å². The molecule has 0 aliphatic heterocycles. The summed E-state index contributed by atoms with van der Waals surface area (Å²) < 4.78 is 1.23. The van der Waals surface area contributed by atoms with E-state index in [0.717, 1.165) is 5.92 Å². The first-order valence-corrected chi connectivity index (χ1v) is 6.15. The molecule has 0 aromatic carbocycles. The predicted molar refractivity (Wildman–Crippen MR) is 65.3 cm³/mol.